The van der Waals surface area contributed by atoms with Crippen LogP contribution in [0.2, 0.25) is 0 Å². The van der Waals surface area contributed by atoms with E-state index in [0.29, 0.717) is 15.7 Å². The third-order valence-corrected chi connectivity index (χ3v) is 4.47. The zero-order chi connectivity index (χ0) is 21.0. The van der Waals surface area contributed by atoms with Gasteiger partial charge in [-0.15, -0.1) is 0 Å². The van der Waals surface area contributed by atoms with Crippen molar-refractivity contribution in [2.24, 2.45) is 5.73 Å². The Labute approximate surface area is 178 Å². The lowest BCUT2D eigenvalue weighted by molar-refractivity contribution is -0.105. The summed E-state index contributed by atoms with van der Waals surface area (Å²) in [6.45, 7) is 0. The Morgan fingerprint density at radius 2 is 1.86 bits per heavy atom. The van der Waals surface area contributed by atoms with Gasteiger partial charge in [-0.3, -0.25) is 9.59 Å². The number of amides is 2. The van der Waals surface area contributed by atoms with Gasteiger partial charge in [-0.25, -0.2) is 8.78 Å². The normalized spacial score (nSPS) is 10.3. The number of nitrogens with one attached hydrogen (secondary N) is 2. The predicted molar refractivity (Wildman–Crippen MR) is 114 cm³/mol. The summed E-state index contributed by atoms with van der Waals surface area (Å²) in [5, 5.41) is 5.15. The molecule has 148 valence electrons. The van der Waals surface area contributed by atoms with E-state index in [4.69, 9.17) is 10.5 Å². The summed E-state index contributed by atoms with van der Waals surface area (Å²) < 4.78 is 34.7. The maximum atomic E-state index is 14.2. The first kappa shape index (κ1) is 20.5. The maximum absolute atomic E-state index is 14.2. The standard InChI is InChI=1S/C20H14F2IN3O3/c21-11-6-17(26-16-5-4-12(23)8-15(16)22)19(20(24)28)18(7-11)29-14-3-1-2-13(9-14)25-10-27/h1-10,26H,(H2,24,28)(H,25,27). The van der Waals surface area contributed by atoms with Crippen LogP contribution >= 0.6 is 22.6 Å². The molecule has 3 rings (SSSR count). The highest BCUT2D eigenvalue weighted by Crippen LogP contribution is 2.34. The first-order valence-corrected chi connectivity index (χ1v) is 9.29. The van der Waals surface area contributed by atoms with Gasteiger partial charge in [-0.2, -0.15) is 0 Å². The molecule has 6 nitrogen and oxygen atoms in total. The number of carbonyl (C=O) groups is 2. The Morgan fingerprint density at radius 1 is 1.07 bits per heavy atom. The van der Waals surface area contributed by atoms with Gasteiger partial charge in [0.05, 0.1) is 11.4 Å². The molecule has 0 fully saturated rings. The topological polar surface area (TPSA) is 93.5 Å². The monoisotopic (exact) mass is 509 g/mol. The number of ether oxygens (including phenoxy) is 1. The van der Waals surface area contributed by atoms with E-state index >= 15 is 0 Å². The van der Waals surface area contributed by atoms with Gasteiger partial charge < -0.3 is 21.1 Å². The molecule has 0 radical (unpaired) electrons. The lowest BCUT2D eigenvalue weighted by Crippen LogP contribution is -2.15. The van der Waals surface area contributed by atoms with Crippen LogP contribution in [0.15, 0.2) is 54.6 Å². The molecule has 0 heterocycles. The molecule has 0 aromatic heterocycles. The zero-order valence-electron chi connectivity index (χ0n) is 14.7. The fourth-order valence-corrected chi connectivity index (χ4v) is 3.05. The van der Waals surface area contributed by atoms with Crippen LogP contribution in [0.1, 0.15) is 10.4 Å². The van der Waals surface area contributed by atoms with E-state index in [0.717, 1.165) is 12.1 Å². The highest BCUT2D eigenvalue weighted by atomic mass is 127. The van der Waals surface area contributed by atoms with E-state index in [2.05, 4.69) is 10.6 Å². The average molecular weight is 509 g/mol. The molecule has 0 saturated carbocycles. The van der Waals surface area contributed by atoms with Gasteiger partial charge in [0.2, 0.25) is 6.41 Å². The molecule has 0 aliphatic carbocycles. The van der Waals surface area contributed by atoms with E-state index in [1.807, 2.05) is 22.6 Å². The quantitative estimate of drug-likeness (QED) is 0.316. The van der Waals surface area contributed by atoms with Crippen LogP contribution in [0.5, 0.6) is 11.5 Å². The summed E-state index contributed by atoms with van der Waals surface area (Å²) >= 11 is 1.95. The molecule has 0 saturated heterocycles. The van der Waals surface area contributed by atoms with Gasteiger partial charge in [0, 0.05) is 21.4 Å². The minimum absolute atomic E-state index is 0.0432. The van der Waals surface area contributed by atoms with Gasteiger partial charge in [0.15, 0.2) is 0 Å². The van der Waals surface area contributed by atoms with Gasteiger partial charge >= 0.3 is 0 Å². The summed E-state index contributed by atoms with van der Waals surface area (Å²) in [5.41, 5.74) is 5.76. The highest BCUT2D eigenvalue weighted by molar-refractivity contribution is 14.1. The van der Waals surface area contributed by atoms with Crippen molar-refractivity contribution in [2.45, 2.75) is 0 Å². The van der Waals surface area contributed by atoms with Crippen molar-refractivity contribution in [3.8, 4) is 11.5 Å². The maximum Gasteiger partial charge on any atom is 0.254 e. The zero-order valence-corrected chi connectivity index (χ0v) is 16.9. The largest absolute Gasteiger partial charge is 0.456 e. The molecule has 0 aliphatic heterocycles. The van der Waals surface area contributed by atoms with E-state index in [9.17, 15) is 18.4 Å². The molecule has 0 spiro atoms. The van der Waals surface area contributed by atoms with Gasteiger partial charge in [-0.05, 0) is 59.0 Å². The van der Waals surface area contributed by atoms with Gasteiger partial charge in [0.25, 0.3) is 5.91 Å². The number of hydrogen-bond donors (Lipinski definition) is 3. The van der Waals surface area contributed by atoms with Gasteiger partial charge in [0.1, 0.15) is 28.7 Å². The Morgan fingerprint density at radius 3 is 2.55 bits per heavy atom. The summed E-state index contributed by atoms with van der Waals surface area (Å²) in [6.07, 6.45) is 0.494. The highest BCUT2D eigenvalue weighted by Gasteiger charge is 2.19. The Hall–Kier alpha value is -3.21. The van der Waals surface area contributed by atoms with Crippen LogP contribution in [0.3, 0.4) is 0 Å². The smallest absolute Gasteiger partial charge is 0.254 e. The lowest BCUT2D eigenvalue weighted by atomic mass is 10.1. The molecule has 0 unspecified atom stereocenters. The van der Waals surface area contributed by atoms with Crippen molar-refractivity contribution < 1.29 is 23.1 Å². The molecule has 4 N–H and O–H groups in total. The second-order valence-corrected chi connectivity index (χ2v) is 7.08. The first-order chi connectivity index (χ1) is 13.9. The molecular weight excluding hydrogens is 495 g/mol. The fraction of sp³-hybridized carbons (Fsp3) is 0. The van der Waals surface area contributed by atoms with Crippen LogP contribution in [-0.2, 0) is 4.79 Å². The summed E-state index contributed by atoms with van der Waals surface area (Å²) in [5.74, 6) is -2.12. The minimum atomic E-state index is -0.893. The number of anilines is 3. The number of nitrogens with two attached hydrogens (primary N) is 1. The molecule has 0 atom stereocenters. The fourth-order valence-electron chi connectivity index (χ4n) is 2.60. The SMILES string of the molecule is NC(=O)c1c(Nc2ccc(I)cc2F)cc(F)cc1Oc1cccc(NC=O)c1. The van der Waals surface area contributed by atoms with Crippen molar-refractivity contribution in [2.75, 3.05) is 10.6 Å². The van der Waals surface area contributed by atoms with E-state index < -0.39 is 17.5 Å². The molecular formula is C20H14F2IN3O3. The van der Waals surface area contributed by atoms with Crippen molar-refractivity contribution in [3.63, 3.8) is 0 Å². The molecule has 0 bridgehead atoms. The second kappa shape index (κ2) is 8.86. The summed E-state index contributed by atoms with van der Waals surface area (Å²) in [4.78, 5) is 22.7. The Kier molecular flexibility index (Phi) is 6.27. The molecule has 9 heteroatoms. The summed E-state index contributed by atoms with van der Waals surface area (Å²) in [7, 11) is 0. The van der Waals surface area contributed by atoms with Crippen molar-refractivity contribution in [1.29, 1.82) is 0 Å². The van der Waals surface area contributed by atoms with Crippen LogP contribution in [0.25, 0.3) is 0 Å². The number of primary amides is 1. The van der Waals surface area contributed by atoms with Gasteiger partial charge in [-0.1, -0.05) is 6.07 Å². The molecule has 29 heavy (non-hydrogen) atoms. The summed E-state index contributed by atoms with van der Waals surface area (Å²) in [6, 6.07) is 12.7. The van der Waals surface area contributed by atoms with Crippen molar-refractivity contribution in [1.82, 2.24) is 0 Å². The molecule has 0 aliphatic rings. The first-order valence-electron chi connectivity index (χ1n) is 8.21. The molecule has 2 amide bonds. The third kappa shape index (κ3) is 4.99. The third-order valence-electron chi connectivity index (χ3n) is 3.80. The minimum Gasteiger partial charge on any atom is -0.456 e. The van der Waals surface area contributed by atoms with Crippen LogP contribution in [0, 0.1) is 15.2 Å². The van der Waals surface area contributed by atoms with E-state index in [1.165, 1.54) is 18.2 Å². The van der Waals surface area contributed by atoms with Crippen LogP contribution < -0.4 is 21.1 Å². The number of hydrogen-bond acceptors (Lipinski definition) is 4. The van der Waals surface area contributed by atoms with E-state index in [1.54, 1.807) is 24.3 Å². The predicted octanol–water partition coefficient (Wildman–Crippen LogP) is 4.77. The van der Waals surface area contributed by atoms with Crippen LogP contribution in [0.4, 0.5) is 25.8 Å². The van der Waals surface area contributed by atoms with E-state index in [-0.39, 0.29) is 28.4 Å². The molecule has 3 aromatic rings. The molecule has 3 aromatic carbocycles. The number of carbonyl (C=O) groups excluding carboxylic acids is 2. The van der Waals surface area contributed by atoms with Crippen molar-refractivity contribution in [3.05, 3.63) is 75.4 Å². The number of halogens is 3. The Balaban J connectivity index is 2.02. The Bertz CT molecular complexity index is 1090. The number of rotatable bonds is 7. The lowest BCUT2D eigenvalue weighted by Gasteiger charge is -2.16. The van der Waals surface area contributed by atoms with Crippen LogP contribution in [-0.4, -0.2) is 12.3 Å². The number of benzene rings is 3. The average Bonchev–Trinajstić information content (AvgIpc) is 2.64. The van der Waals surface area contributed by atoms with Crippen molar-refractivity contribution >= 4 is 52.0 Å². The second-order valence-electron chi connectivity index (χ2n) is 5.83.